The van der Waals surface area contributed by atoms with E-state index in [0.717, 1.165) is 70.6 Å². The number of fused-ring (bicyclic) bond motifs is 2. The zero-order valence-electron chi connectivity index (χ0n) is 21.9. The topological polar surface area (TPSA) is 81.8 Å². The van der Waals surface area contributed by atoms with E-state index in [1.807, 2.05) is 54.6 Å². The number of hydrogen-bond donors (Lipinski definition) is 0. The SMILES string of the molecule is CCCCn1c(-c2ccccc2)nc(C#N)c1CN(Cc1ccc2c(c1)OCO2)Cc1ccc2c(c1)OCO2. The van der Waals surface area contributed by atoms with Crippen molar-refractivity contribution in [2.45, 2.75) is 45.9 Å². The van der Waals surface area contributed by atoms with Crippen LogP contribution >= 0.6 is 0 Å². The minimum absolute atomic E-state index is 0.240. The third-order valence-corrected chi connectivity index (χ3v) is 7.01. The average molecular weight is 523 g/mol. The normalized spacial score (nSPS) is 13.2. The molecule has 0 N–H and O–H groups in total. The van der Waals surface area contributed by atoms with Gasteiger partial charge in [-0.3, -0.25) is 4.90 Å². The van der Waals surface area contributed by atoms with Gasteiger partial charge in [0.25, 0.3) is 0 Å². The summed E-state index contributed by atoms with van der Waals surface area (Å²) >= 11 is 0. The molecule has 0 fully saturated rings. The average Bonchev–Trinajstić information content (AvgIpc) is 3.70. The number of rotatable bonds is 10. The van der Waals surface area contributed by atoms with Crippen LogP contribution in [0.25, 0.3) is 11.4 Å². The predicted molar refractivity (Wildman–Crippen MR) is 145 cm³/mol. The van der Waals surface area contributed by atoms with Crippen molar-refractivity contribution in [1.29, 1.82) is 5.26 Å². The maximum atomic E-state index is 10.1. The van der Waals surface area contributed by atoms with Gasteiger partial charge in [0.1, 0.15) is 11.9 Å². The first-order valence-electron chi connectivity index (χ1n) is 13.3. The molecular weight excluding hydrogens is 492 g/mol. The van der Waals surface area contributed by atoms with E-state index in [2.05, 4.69) is 34.6 Å². The molecule has 2 aliphatic heterocycles. The molecule has 8 heteroatoms. The Morgan fingerprint density at radius 2 is 1.44 bits per heavy atom. The van der Waals surface area contributed by atoms with E-state index in [9.17, 15) is 5.26 Å². The van der Waals surface area contributed by atoms with Crippen LogP contribution in [0.5, 0.6) is 23.0 Å². The number of hydrogen-bond acceptors (Lipinski definition) is 7. The van der Waals surface area contributed by atoms with Crippen molar-refractivity contribution in [3.05, 3.63) is 89.2 Å². The highest BCUT2D eigenvalue weighted by atomic mass is 16.7. The third-order valence-electron chi connectivity index (χ3n) is 7.01. The van der Waals surface area contributed by atoms with Crippen LogP contribution in [0.15, 0.2) is 66.7 Å². The van der Waals surface area contributed by atoms with Crippen molar-refractivity contribution in [1.82, 2.24) is 14.5 Å². The van der Waals surface area contributed by atoms with E-state index in [1.165, 1.54) is 0 Å². The van der Waals surface area contributed by atoms with Crippen LogP contribution in [-0.2, 0) is 26.2 Å². The molecule has 0 atom stereocenters. The first-order valence-corrected chi connectivity index (χ1v) is 13.3. The molecule has 3 aromatic carbocycles. The molecule has 0 bridgehead atoms. The Morgan fingerprint density at radius 3 is 2.03 bits per heavy atom. The summed E-state index contributed by atoms with van der Waals surface area (Å²) in [5.74, 6) is 3.87. The fourth-order valence-corrected chi connectivity index (χ4v) is 5.08. The van der Waals surface area contributed by atoms with Gasteiger partial charge >= 0.3 is 0 Å². The maximum absolute atomic E-state index is 10.1. The lowest BCUT2D eigenvalue weighted by Crippen LogP contribution is -2.24. The third kappa shape index (κ3) is 5.27. The number of benzene rings is 3. The second-order valence-corrected chi connectivity index (χ2v) is 9.73. The molecule has 39 heavy (non-hydrogen) atoms. The lowest BCUT2D eigenvalue weighted by atomic mass is 10.1. The van der Waals surface area contributed by atoms with Crippen LogP contribution in [0.3, 0.4) is 0 Å². The highest BCUT2D eigenvalue weighted by Crippen LogP contribution is 2.35. The summed E-state index contributed by atoms with van der Waals surface area (Å²) in [5.41, 5.74) is 4.59. The summed E-state index contributed by atoms with van der Waals surface area (Å²) in [7, 11) is 0. The molecule has 0 saturated carbocycles. The van der Waals surface area contributed by atoms with Gasteiger partial charge in [0.2, 0.25) is 13.6 Å². The summed E-state index contributed by atoms with van der Waals surface area (Å²) in [4.78, 5) is 7.14. The molecule has 2 aliphatic rings. The van der Waals surface area contributed by atoms with Gasteiger partial charge in [0, 0.05) is 31.7 Å². The first-order chi connectivity index (χ1) is 19.2. The molecule has 0 unspecified atom stereocenters. The number of ether oxygens (including phenoxy) is 4. The van der Waals surface area contributed by atoms with E-state index in [0.29, 0.717) is 25.3 Å². The molecular formula is C31H30N4O4. The highest BCUT2D eigenvalue weighted by molar-refractivity contribution is 5.58. The summed E-state index contributed by atoms with van der Waals surface area (Å²) in [5, 5.41) is 10.1. The summed E-state index contributed by atoms with van der Waals surface area (Å²) < 4.78 is 24.5. The van der Waals surface area contributed by atoms with Gasteiger partial charge in [-0.05, 0) is 41.8 Å². The Kier molecular flexibility index (Phi) is 7.07. The molecule has 6 rings (SSSR count). The number of aromatic nitrogens is 2. The van der Waals surface area contributed by atoms with Gasteiger partial charge in [-0.2, -0.15) is 5.26 Å². The van der Waals surface area contributed by atoms with Gasteiger partial charge in [-0.25, -0.2) is 4.98 Å². The Bertz CT molecular complexity index is 1450. The van der Waals surface area contributed by atoms with Gasteiger partial charge in [-0.15, -0.1) is 0 Å². The van der Waals surface area contributed by atoms with Crippen LogP contribution in [0, 0.1) is 11.3 Å². The van der Waals surface area contributed by atoms with Crippen LogP contribution in [-0.4, -0.2) is 28.0 Å². The van der Waals surface area contributed by atoms with E-state index < -0.39 is 0 Å². The van der Waals surface area contributed by atoms with Crippen molar-refractivity contribution >= 4 is 0 Å². The van der Waals surface area contributed by atoms with Crippen molar-refractivity contribution in [3.63, 3.8) is 0 Å². The van der Waals surface area contributed by atoms with Gasteiger partial charge in [0.15, 0.2) is 28.7 Å². The summed E-state index contributed by atoms with van der Waals surface area (Å²) in [6.07, 6.45) is 2.05. The van der Waals surface area contributed by atoms with Crippen LogP contribution in [0.1, 0.15) is 42.3 Å². The standard InChI is InChI=1S/C31H30N4O4/c1-2-3-13-35-26(25(16-32)33-31(35)24-7-5-4-6-8-24)19-34(17-22-9-11-27-29(14-22)38-20-36-27)18-23-10-12-28-30(15-23)39-21-37-28/h4-12,14-15H,2-3,13,17-21H2,1H3. The van der Waals surface area contributed by atoms with Crippen LogP contribution in [0.4, 0.5) is 0 Å². The van der Waals surface area contributed by atoms with Gasteiger partial charge in [-0.1, -0.05) is 55.8 Å². The Hall–Kier alpha value is -4.48. The van der Waals surface area contributed by atoms with Crippen LogP contribution in [0.2, 0.25) is 0 Å². The molecule has 1 aromatic heterocycles. The number of imidazole rings is 1. The van der Waals surface area contributed by atoms with Gasteiger partial charge < -0.3 is 23.5 Å². The maximum Gasteiger partial charge on any atom is 0.231 e. The fraction of sp³-hybridized carbons (Fsp3) is 0.290. The largest absolute Gasteiger partial charge is 0.454 e. The van der Waals surface area contributed by atoms with Crippen molar-refractivity contribution in [2.24, 2.45) is 0 Å². The minimum Gasteiger partial charge on any atom is -0.454 e. The zero-order chi connectivity index (χ0) is 26.6. The van der Waals surface area contributed by atoms with E-state index in [4.69, 9.17) is 23.9 Å². The van der Waals surface area contributed by atoms with Gasteiger partial charge in [0.05, 0.1) is 5.69 Å². The van der Waals surface area contributed by atoms with E-state index in [1.54, 1.807) is 0 Å². The Balaban J connectivity index is 1.36. The second-order valence-electron chi connectivity index (χ2n) is 9.73. The predicted octanol–water partition coefficient (Wildman–Crippen LogP) is 5.88. The lowest BCUT2D eigenvalue weighted by molar-refractivity contribution is 0.173. The highest BCUT2D eigenvalue weighted by Gasteiger charge is 2.23. The Morgan fingerprint density at radius 1 is 0.821 bits per heavy atom. The number of unbranched alkanes of at least 4 members (excludes halogenated alkanes) is 1. The van der Waals surface area contributed by atoms with Crippen LogP contribution < -0.4 is 18.9 Å². The Labute approximate surface area is 227 Å². The minimum atomic E-state index is 0.240. The molecule has 4 aromatic rings. The molecule has 0 saturated heterocycles. The first kappa shape index (κ1) is 24.8. The fourth-order valence-electron chi connectivity index (χ4n) is 5.08. The van der Waals surface area contributed by atoms with E-state index in [-0.39, 0.29) is 13.6 Å². The molecule has 198 valence electrons. The smallest absolute Gasteiger partial charge is 0.231 e. The number of nitrogens with zero attached hydrogens (tertiary/aromatic N) is 4. The zero-order valence-corrected chi connectivity index (χ0v) is 21.9. The van der Waals surface area contributed by atoms with Crippen molar-refractivity contribution in [2.75, 3.05) is 13.6 Å². The van der Waals surface area contributed by atoms with Crippen molar-refractivity contribution in [3.8, 4) is 40.5 Å². The quantitative estimate of drug-likeness (QED) is 0.257. The van der Waals surface area contributed by atoms with Crippen molar-refractivity contribution < 1.29 is 18.9 Å². The molecule has 0 aliphatic carbocycles. The molecule has 8 nitrogen and oxygen atoms in total. The molecule has 3 heterocycles. The lowest BCUT2D eigenvalue weighted by Gasteiger charge is -2.24. The monoisotopic (exact) mass is 522 g/mol. The summed E-state index contributed by atoms with van der Waals surface area (Å²) in [6.45, 7) is 5.30. The molecule has 0 amide bonds. The van der Waals surface area contributed by atoms with E-state index >= 15 is 0 Å². The summed E-state index contributed by atoms with van der Waals surface area (Å²) in [6, 6.07) is 24.6. The number of nitriles is 1. The molecule has 0 radical (unpaired) electrons. The molecule has 0 spiro atoms. The second kappa shape index (κ2) is 11.1.